The molecule has 1 aliphatic rings. The van der Waals surface area contributed by atoms with Gasteiger partial charge in [0, 0.05) is 17.1 Å². The summed E-state index contributed by atoms with van der Waals surface area (Å²) in [5.41, 5.74) is 4.09. The Labute approximate surface area is 178 Å². The first-order valence-electron chi connectivity index (χ1n) is 9.99. The van der Waals surface area contributed by atoms with Crippen LogP contribution in [0.5, 0.6) is 17.2 Å². The van der Waals surface area contributed by atoms with Gasteiger partial charge in [0.2, 0.25) is 0 Å². The minimum Gasteiger partial charge on any atom is -0.506 e. The van der Waals surface area contributed by atoms with Gasteiger partial charge in [-0.1, -0.05) is 36.4 Å². The van der Waals surface area contributed by atoms with Crippen molar-refractivity contribution in [2.75, 3.05) is 4.90 Å². The van der Waals surface area contributed by atoms with Gasteiger partial charge in [0.25, 0.3) is 0 Å². The van der Waals surface area contributed by atoms with Crippen LogP contribution in [0.15, 0.2) is 97.2 Å². The number of para-hydroxylation sites is 3. The zero-order valence-electron chi connectivity index (χ0n) is 16.4. The van der Waals surface area contributed by atoms with Crippen molar-refractivity contribution >= 4 is 28.1 Å². The molecule has 1 aliphatic heterocycles. The summed E-state index contributed by atoms with van der Waals surface area (Å²) < 4.78 is 6.18. The van der Waals surface area contributed by atoms with Crippen LogP contribution in [0, 0.1) is 0 Å². The zero-order chi connectivity index (χ0) is 20.8. The molecule has 148 valence electrons. The second-order valence-electron chi connectivity index (χ2n) is 7.32. The quantitative estimate of drug-likeness (QED) is 0.354. The predicted molar refractivity (Wildman–Crippen MR) is 121 cm³/mol. The number of anilines is 3. The van der Waals surface area contributed by atoms with Gasteiger partial charge in [0.1, 0.15) is 17.1 Å². The first-order valence-corrected chi connectivity index (χ1v) is 9.99. The Morgan fingerprint density at radius 1 is 0.742 bits per heavy atom. The Bertz CT molecular complexity index is 1430. The summed E-state index contributed by atoms with van der Waals surface area (Å²) in [6.45, 7) is 0. The van der Waals surface area contributed by atoms with Crippen molar-refractivity contribution in [1.29, 1.82) is 0 Å². The van der Waals surface area contributed by atoms with Gasteiger partial charge in [-0.2, -0.15) is 0 Å². The van der Waals surface area contributed by atoms with Crippen LogP contribution in [0.4, 0.5) is 17.2 Å². The van der Waals surface area contributed by atoms with Crippen molar-refractivity contribution in [2.24, 2.45) is 0 Å². The highest BCUT2D eigenvalue weighted by molar-refractivity contribution is 5.89. The maximum absolute atomic E-state index is 10.2. The summed E-state index contributed by atoms with van der Waals surface area (Å²) in [4.78, 5) is 11.4. The van der Waals surface area contributed by atoms with E-state index in [1.54, 1.807) is 12.3 Å². The number of benzene rings is 3. The van der Waals surface area contributed by atoms with E-state index in [2.05, 4.69) is 9.88 Å². The highest BCUT2D eigenvalue weighted by atomic mass is 16.5. The molecule has 5 nitrogen and oxygen atoms in total. The van der Waals surface area contributed by atoms with Gasteiger partial charge in [0.15, 0.2) is 11.5 Å². The molecule has 31 heavy (non-hydrogen) atoms. The van der Waals surface area contributed by atoms with Gasteiger partial charge in [-0.25, -0.2) is 9.97 Å². The number of phenolic OH excluding ortho intramolecular Hbond substituents is 1. The molecule has 0 aliphatic carbocycles. The second kappa shape index (κ2) is 6.85. The lowest BCUT2D eigenvalue weighted by Gasteiger charge is -2.32. The summed E-state index contributed by atoms with van der Waals surface area (Å²) in [5.74, 6) is 2.50. The molecular formula is C26H17N3O2. The van der Waals surface area contributed by atoms with Crippen LogP contribution in [0.2, 0.25) is 0 Å². The van der Waals surface area contributed by atoms with Crippen molar-refractivity contribution in [3.05, 3.63) is 97.2 Å². The molecule has 5 heteroatoms. The molecule has 0 unspecified atom stereocenters. The van der Waals surface area contributed by atoms with E-state index in [9.17, 15) is 5.11 Å². The molecule has 0 saturated heterocycles. The average molecular weight is 403 g/mol. The molecule has 0 radical (unpaired) electrons. The van der Waals surface area contributed by atoms with Crippen molar-refractivity contribution in [2.45, 2.75) is 0 Å². The van der Waals surface area contributed by atoms with Gasteiger partial charge < -0.3 is 9.84 Å². The molecule has 0 fully saturated rings. The van der Waals surface area contributed by atoms with Crippen LogP contribution < -0.4 is 9.64 Å². The van der Waals surface area contributed by atoms with E-state index < -0.39 is 0 Å². The highest BCUT2D eigenvalue weighted by Gasteiger charge is 2.26. The second-order valence-corrected chi connectivity index (χ2v) is 7.32. The fraction of sp³-hybridized carbons (Fsp3) is 0. The van der Waals surface area contributed by atoms with Crippen molar-refractivity contribution in [3.8, 4) is 28.5 Å². The molecule has 2 aromatic heterocycles. The zero-order valence-corrected chi connectivity index (χ0v) is 16.4. The van der Waals surface area contributed by atoms with Crippen LogP contribution in [0.25, 0.3) is 22.2 Å². The molecule has 6 rings (SSSR count). The largest absolute Gasteiger partial charge is 0.506 e. The summed E-state index contributed by atoms with van der Waals surface area (Å²) in [6, 6.07) is 29.1. The Balaban J connectivity index is 1.54. The smallest absolute Gasteiger partial charge is 0.151 e. The molecule has 3 heterocycles. The van der Waals surface area contributed by atoms with Crippen molar-refractivity contribution in [3.63, 3.8) is 0 Å². The van der Waals surface area contributed by atoms with E-state index in [4.69, 9.17) is 9.72 Å². The van der Waals surface area contributed by atoms with Crippen LogP contribution in [0.1, 0.15) is 0 Å². The molecule has 1 N–H and O–H groups in total. The average Bonchev–Trinajstić information content (AvgIpc) is 2.83. The molecule has 0 amide bonds. The summed E-state index contributed by atoms with van der Waals surface area (Å²) in [7, 11) is 0. The van der Waals surface area contributed by atoms with E-state index in [1.165, 1.54) is 0 Å². The number of ether oxygens (including phenoxy) is 1. The van der Waals surface area contributed by atoms with Gasteiger partial charge in [-0.05, 0) is 54.6 Å². The number of rotatable bonds is 2. The monoisotopic (exact) mass is 403 g/mol. The van der Waals surface area contributed by atoms with Gasteiger partial charge in [0.05, 0.1) is 17.1 Å². The normalized spacial score (nSPS) is 12.2. The van der Waals surface area contributed by atoms with Gasteiger partial charge in [-0.15, -0.1) is 0 Å². The minimum absolute atomic E-state index is 0.171. The maximum Gasteiger partial charge on any atom is 0.151 e. The lowest BCUT2D eigenvalue weighted by molar-refractivity contribution is 0.476. The Morgan fingerprint density at radius 3 is 2.52 bits per heavy atom. The maximum atomic E-state index is 10.2. The fourth-order valence-electron chi connectivity index (χ4n) is 3.94. The van der Waals surface area contributed by atoms with Crippen LogP contribution in [-0.4, -0.2) is 15.1 Å². The number of hydrogen-bond donors (Lipinski definition) is 1. The summed E-state index contributed by atoms with van der Waals surface area (Å²) in [6.07, 6.45) is 1.78. The standard InChI is InChI=1S/C26H17N3O2/c30-22-8-5-6-17-11-13-19(28-26(17)22)18-12-14-24-21(16-18)29(25-10-3-4-15-27-25)20-7-1-2-9-23(20)31-24/h1-16,30H. The third-order valence-electron chi connectivity index (χ3n) is 5.40. The minimum atomic E-state index is 0.171. The first-order chi connectivity index (χ1) is 15.3. The first kappa shape index (κ1) is 17.5. The Morgan fingerprint density at radius 2 is 1.61 bits per heavy atom. The van der Waals surface area contributed by atoms with E-state index in [-0.39, 0.29) is 5.75 Å². The number of fused-ring (bicyclic) bond motifs is 3. The fourth-order valence-corrected chi connectivity index (χ4v) is 3.94. The molecule has 0 bridgehead atoms. The number of pyridine rings is 2. The topological polar surface area (TPSA) is 58.5 Å². The van der Waals surface area contributed by atoms with E-state index in [1.807, 2.05) is 84.9 Å². The van der Waals surface area contributed by atoms with E-state index in [0.717, 1.165) is 45.3 Å². The highest BCUT2D eigenvalue weighted by Crippen LogP contribution is 2.50. The van der Waals surface area contributed by atoms with Crippen molar-refractivity contribution in [1.82, 2.24) is 9.97 Å². The Hall–Kier alpha value is -4.38. The SMILES string of the molecule is Oc1cccc2ccc(-c3ccc4c(c3)N(c3ccccn3)c3ccccc3O4)nc12. The molecule has 0 saturated carbocycles. The molecule has 0 atom stereocenters. The lowest BCUT2D eigenvalue weighted by Crippen LogP contribution is -2.16. The summed E-state index contributed by atoms with van der Waals surface area (Å²) in [5, 5.41) is 11.1. The third-order valence-corrected chi connectivity index (χ3v) is 5.40. The van der Waals surface area contributed by atoms with Crippen molar-refractivity contribution < 1.29 is 9.84 Å². The van der Waals surface area contributed by atoms with E-state index in [0.29, 0.717) is 5.52 Å². The lowest BCUT2D eigenvalue weighted by atomic mass is 10.1. The van der Waals surface area contributed by atoms with E-state index >= 15 is 0 Å². The summed E-state index contributed by atoms with van der Waals surface area (Å²) >= 11 is 0. The Kier molecular flexibility index (Phi) is 3.86. The number of nitrogens with zero attached hydrogens (tertiary/aromatic N) is 3. The third kappa shape index (κ3) is 2.87. The van der Waals surface area contributed by atoms with Gasteiger partial charge in [-0.3, -0.25) is 4.90 Å². The van der Waals surface area contributed by atoms with Gasteiger partial charge >= 0.3 is 0 Å². The number of aromatic hydroxyl groups is 1. The number of aromatic nitrogens is 2. The number of phenols is 1. The molecule has 0 spiro atoms. The predicted octanol–water partition coefficient (Wildman–Crippen LogP) is 6.58. The number of hydrogen-bond acceptors (Lipinski definition) is 5. The molecule has 5 aromatic rings. The van der Waals surface area contributed by atoms with Crippen LogP contribution >= 0.6 is 0 Å². The van der Waals surface area contributed by atoms with Crippen LogP contribution in [-0.2, 0) is 0 Å². The molecule has 3 aromatic carbocycles. The molecular weight excluding hydrogens is 386 g/mol. The van der Waals surface area contributed by atoms with Crippen LogP contribution in [0.3, 0.4) is 0 Å².